The van der Waals surface area contributed by atoms with E-state index in [4.69, 9.17) is 11.6 Å². The first kappa shape index (κ1) is 18.5. The minimum absolute atomic E-state index is 0.516. The number of rotatable bonds is 4. The van der Waals surface area contributed by atoms with Crippen molar-refractivity contribution >= 4 is 11.6 Å². The first-order chi connectivity index (χ1) is 10.1. The molecule has 0 saturated carbocycles. The topological polar surface area (TPSA) is 15.3 Å². The highest BCUT2D eigenvalue weighted by atomic mass is 35.5. The smallest absolute Gasteiger partial charge is 0.0406 e. The van der Waals surface area contributed by atoms with Crippen molar-refractivity contribution in [2.75, 3.05) is 19.6 Å². The van der Waals surface area contributed by atoms with Crippen molar-refractivity contribution in [2.45, 2.75) is 53.1 Å². The number of hydrogen-bond donors (Lipinski definition) is 1. The summed E-state index contributed by atoms with van der Waals surface area (Å²) in [7, 11) is 0. The molecular weight excluding hydrogens is 280 g/mol. The van der Waals surface area contributed by atoms with E-state index in [0.717, 1.165) is 24.7 Å². The van der Waals surface area contributed by atoms with Crippen LogP contribution in [-0.4, -0.2) is 30.6 Å². The molecule has 2 rings (SSSR count). The van der Waals surface area contributed by atoms with Gasteiger partial charge < -0.3 is 5.32 Å². The first-order valence-corrected chi connectivity index (χ1v) is 8.67. The Hall–Kier alpha value is -0.570. The standard InChI is InChI=1S/C16H25ClN2.C2H6/c1-12(2)10-16(14-4-6-15(17)7-5-14)19-9-8-18-13(3)11-19;1-2/h4-7,12-13,16,18H,8-11H2,1-3H3;1-2H3. The molecule has 1 aliphatic heterocycles. The van der Waals surface area contributed by atoms with Crippen molar-refractivity contribution in [2.24, 2.45) is 5.92 Å². The minimum atomic E-state index is 0.516. The van der Waals surface area contributed by atoms with E-state index in [0.29, 0.717) is 18.0 Å². The highest BCUT2D eigenvalue weighted by molar-refractivity contribution is 6.30. The number of benzene rings is 1. The van der Waals surface area contributed by atoms with Crippen LogP contribution in [0.5, 0.6) is 0 Å². The van der Waals surface area contributed by atoms with Crippen LogP contribution in [0.25, 0.3) is 0 Å². The average molecular weight is 311 g/mol. The molecule has 0 amide bonds. The van der Waals surface area contributed by atoms with E-state index in [1.165, 1.54) is 12.0 Å². The molecule has 2 unspecified atom stereocenters. The van der Waals surface area contributed by atoms with Crippen LogP contribution in [0.3, 0.4) is 0 Å². The van der Waals surface area contributed by atoms with E-state index in [1.54, 1.807) is 0 Å². The second-order valence-corrected chi connectivity index (χ2v) is 6.48. The van der Waals surface area contributed by atoms with Crippen molar-refractivity contribution < 1.29 is 0 Å². The van der Waals surface area contributed by atoms with E-state index >= 15 is 0 Å². The van der Waals surface area contributed by atoms with Gasteiger partial charge in [0.15, 0.2) is 0 Å². The summed E-state index contributed by atoms with van der Waals surface area (Å²) >= 11 is 6.01. The number of nitrogens with one attached hydrogen (secondary N) is 1. The van der Waals surface area contributed by atoms with Crippen molar-refractivity contribution in [1.29, 1.82) is 0 Å². The Morgan fingerprint density at radius 2 is 1.86 bits per heavy atom. The molecule has 1 heterocycles. The Morgan fingerprint density at radius 1 is 1.24 bits per heavy atom. The third kappa shape index (κ3) is 5.98. The molecule has 1 aliphatic rings. The van der Waals surface area contributed by atoms with Gasteiger partial charge in [0.25, 0.3) is 0 Å². The van der Waals surface area contributed by atoms with Gasteiger partial charge in [-0.25, -0.2) is 0 Å². The molecule has 1 N–H and O–H groups in total. The van der Waals surface area contributed by atoms with Gasteiger partial charge in [-0.05, 0) is 37.0 Å². The molecule has 3 heteroatoms. The Bertz CT molecular complexity index is 389. The lowest BCUT2D eigenvalue weighted by Gasteiger charge is -2.39. The Kier molecular flexibility index (Phi) is 8.31. The van der Waals surface area contributed by atoms with Gasteiger partial charge >= 0.3 is 0 Å². The molecule has 2 nitrogen and oxygen atoms in total. The lowest BCUT2D eigenvalue weighted by molar-refractivity contribution is 0.132. The highest BCUT2D eigenvalue weighted by Gasteiger charge is 2.25. The predicted octanol–water partition coefficient (Wildman–Crippen LogP) is 4.75. The fraction of sp³-hybridized carbons (Fsp3) is 0.667. The van der Waals surface area contributed by atoms with Gasteiger partial charge in [-0.2, -0.15) is 0 Å². The summed E-state index contributed by atoms with van der Waals surface area (Å²) in [5.74, 6) is 0.700. The van der Waals surface area contributed by atoms with Gasteiger partial charge in [-0.1, -0.05) is 51.4 Å². The maximum Gasteiger partial charge on any atom is 0.0406 e. The lowest BCUT2D eigenvalue weighted by Crippen LogP contribution is -2.50. The van der Waals surface area contributed by atoms with Crippen LogP contribution in [0.4, 0.5) is 0 Å². The molecule has 0 bridgehead atoms. The average Bonchev–Trinajstić information content (AvgIpc) is 2.48. The van der Waals surface area contributed by atoms with E-state index in [-0.39, 0.29) is 0 Å². The minimum Gasteiger partial charge on any atom is -0.312 e. The summed E-state index contributed by atoms with van der Waals surface area (Å²) in [5.41, 5.74) is 1.40. The number of halogens is 1. The van der Waals surface area contributed by atoms with Gasteiger partial charge in [0, 0.05) is 36.7 Å². The molecule has 0 spiro atoms. The van der Waals surface area contributed by atoms with Crippen molar-refractivity contribution in [3.8, 4) is 0 Å². The summed E-state index contributed by atoms with van der Waals surface area (Å²) in [6.07, 6.45) is 1.20. The SMILES string of the molecule is CC.CC(C)CC(c1ccc(Cl)cc1)N1CCNC(C)C1. The quantitative estimate of drug-likeness (QED) is 0.863. The fourth-order valence-corrected chi connectivity index (χ4v) is 3.00. The number of hydrogen-bond acceptors (Lipinski definition) is 2. The van der Waals surface area contributed by atoms with Crippen LogP contribution in [0.15, 0.2) is 24.3 Å². The predicted molar refractivity (Wildman–Crippen MR) is 94.0 cm³/mol. The Balaban J connectivity index is 0.00000106. The molecular formula is C18H31ClN2. The van der Waals surface area contributed by atoms with Gasteiger partial charge in [0.2, 0.25) is 0 Å². The molecule has 0 radical (unpaired) electrons. The van der Waals surface area contributed by atoms with E-state index in [2.05, 4.69) is 43.1 Å². The molecule has 120 valence electrons. The lowest BCUT2D eigenvalue weighted by atomic mass is 9.94. The first-order valence-electron chi connectivity index (χ1n) is 8.29. The summed E-state index contributed by atoms with van der Waals surface area (Å²) in [6, 6.07) is 9.48. The fourth-order valence-electron chi connectivity index (χ4n) is 2.87. The largest absolute Gasteiger partial charge is 0.312 e. The van der Waals surface area contributed by atoms with Crippen LogP contribution in [0.2, 0.25) is 5.02 Å². The molecule has 2 atom stereocenters. The third-order valence-corrected chi connectivity index (χ3v) is 4.04. The van der Waals surface area contributed by atoms with Crippen LogP contribution in [0.1, 0.15) is 52.6 Å². The maximum absolute atomic E-state index is 6.01. The molecule has 1 fully saturated rings. The van der Waals surface area contributed by atoms with Crippen molar-refractivity contribution in [1.82, 2.24) is 10.2 Å². The molecule has 1 aromatic carbocycles. The van der Waals surface area contributed by atoms with Crippen LogP contribution in [0, 0.1) is 5.92 Å². The van der Waals surface area contributed by atoms with Crippen molar-refractivity contribution in [3.63, 3.8) is 0 Å². The summed E-state index contributed by atoms with van der Waals surface area (Å²) in [5, 5.41) is 4.34. The zero-order valence-corrected chi connectivity index (χ0v) is 15.0. The molecule has 0 aliphatic carbocycles. The van der Waals surface area contributed by atoms with E-state index in [9.17, 15) is 0 Å². The molecule has 21 heavy (non-hydrogen) atoms. The second kappa shape index (κ2) is 9.45. The van der Waals surface area contributed by atoms with Gasteiger partial charge in [-0.3, -0.25) is 4.90 Å². The van der Waals surface area contributed by atoms with Crippen LogP contribution < -0.4 is 5.32 Å². The third-order valence-electron chi connectivity index (χ3n) is 3.79. The highest BCUT2D eigenvalue weighted by Crippen LogP contribution is 2.29. The summed E-state index contributed by atoms with van der Waals surface area (Å²) < 4.78 is 0. The van der Waals surface area contributed by atoms with E-state index < -0.39 is 0 Å². The monoisotopic (exact) mass is 310 g/mol. The summed E-state index contributed by atoms with van der Waals surface area (Å²) in [6.45, 7) is 14.2. The Labute approximate surface area is 135 Å². The maximum atomic E-state index is 6.01. The van der Waals surface area contributed by atoms with Gasteiger partial charge in [-0.15, -0.1) is 0 Å². The molecule has 0 aromatic heterocycles. The van der Waals surface area contributed by atoms with Crippen molar-refractivity contribution in [3.05, 3.63) is 34.9 Å². The molecule has 1 aromatic rings. The Morgan fingerprint density at radius 3 is 2.38 bits per heavy atom. The second-order valence-electron chi connectivity index (χ2n) is 6.05. The van der Waals surface area contributed by atoms with Crippen LogP contribution >= 0.6 is 11.6 Å². The normalized spacial score (nSPS) is 20.8. The summed E-state index contributed by atoms with van der Waals surface area (Å²) in [4.78, 5) is 2.62. The van der Waals surface area contributed by atoms with E-state index in [1.807, 2.05) is 26.0 Å². The van der Waals surface area contributed by atoms with Gasteiger partial charge in [0.1, 0.15) is 0 Å². The van der Waals surface area contributed by atoms with Gasteiger partial charge in [0.05, 0.1) is 0 Å². The number of piperazine rings is 1. The number of nitrogens with zero attached hydrogens (tertiary/aromatic N) is 1. The molecule has 1 saturated heterocycles. The van der Waals surface area contributed by atoms with Crippen LogP contribution in [-0.2, 0) is 0 Å². The zero-order chi connectivity index (χ0) is 15.8. The zero-order valence-electron chi connectivity index (χ0n) is 14.2.